The number of aromatic nitrogens is 2. The zero-order valence-electron chi connectivity index (χ0n) is 15.0. The maximum absolute atomic E-state index is 12.4. The van der Waals surface area contributed by atoms with E-state index in [1.54, 1.807) is 24.3 Å². The number of benzene rings is 2. The van der Waals surface area contributed by atoms with Crippen LogP contribution in [-0.2, 0) is 22.6 Å². The number of hydrogen-bond donors (Lipinski definition) is 2. The Morgan fingerprint density at radius 2 is 1.68 bits per heavy atom. The number of carboxylic acid groups (broad SMARTS) is 1. The zero-order valence-corrected chi connectivity index (χ0v) is 15.0. The molecule has 7 nitrogen and oxygen atoms in total. The lowest BCUT2D eigenvalue weighted by molar-refractivity contribution is -0.141. The summed E-state index contributed by atoms with van der Waals surface area (Å²) < 4.78 is 1.21. The van der Waals surface area contributed by atoms with Crippen LogP contribution in [0.1, 0.15) is 5.56 Å². The quantitative estimate of drug-likeness (QED) is 0.653. The molecule has 0 aliphatic rings. The molecule has 0 bridgehead atoms. The van der Waals surface area contributed by atoms with E-state index >= 15 is 0 Å². The summed E-state index contributed by atoms with van der Waals surface area (Å²) in [4.78, 5) is 40.0. The van der Waals surface area contributed by atoms with E-state index in [1.165, 1.54) is 10.8 Å². The highest BCUT2D eigenvalue weighted by Crippen LogP contribution is 2.14. The largest absolute Gasteiger partial charge is 0.480 e. The van der Waals surface area contributed by atoms with Crippen molar-refractivity contribution in [2.75, 3.05) is 0 Å². The highest BCUT2D eigenvalue weighted by Gasteiger charge is 2.20. The molecule has 142 valence electrons. The van der Waals surface area contributed by atoms with E-state index in [-0.39, 0.29) is 13.0 Å². The van der Waals surface area contributed by atoms with Crippen LogP contribution in [0.3, 0.4) is 0 Å². The number of carboxylic acids is 1. The second kappa shape index (κ2) is 8.77. The van der Waals surface area contributed by atoms with Crippen LogP contribution in [-0.4, -0.2) is 32.6 Å². The molecule has 0 aliphatic carbocycles. The number of aliphatic carboxylic acids is 1. The summed E-state index contributed by atoms with van der Waals surface area (Å²) in [7, 11) is 0. The zero-order chi connectivity index (χ0) is 19.9. The van der Waals surface area contributed by atoms with Crippen molar-refractivity contribution in [2.24, 2.45) is 0 Å². The molecular formula is C21H19N3O4. The van der Waals surface area contributed by atoms with E-state index in [0.717, 1.165) is 17.3 Å². The molecule has 0 spiro atoms. The summed E-state index contributed by atoms with van der Waals surface area (Å²) in [6.45, 7) is -0.292. The lowest BCUT2D eigenvalue weighted by Gasteiger charge is -2.15. The average molecular weight is 377 g/mol. The summed E-state index contributed by atoms with van der Waals surface area (Å²) >= 11 is 0. The van der Waals surface area contributed by atoms with E-state index in [9.17, 15) is 19.5 Å². The molecule has 7 heteroatoms. The fourth-order valence-corrected chi connectivity index (χ4v) is 2.77. The molecule has 0 unspecified atom stereocenters. The number of hydrogen-bond acceptors (Lipinski definition) is 4. The van der Waals surface area contributed by atoms with Crippen molar-refractivity contribution in [1.29, 1.82) is 0 Å². The summed E-state index contributed by atoms with van der Waals surface area (Å²) in [5.41, 5.74) is 1.71. The van der Waals surface area contributed by atoms with Gasteiger partial charge in [-0.15, -0.1) is 0 Å². The smallest absolute Gasteiger partial charge is 0.326 e. The van der Waals surface area contributed by atoms with Crippen LogP contribution in [0.2, 0.25) is 0 Å². The van der Waals surface area contributed by atoms with Gasteiger partial charge in [-0.3, -0.25) is 9.59 Å². The first kappa shape index (κ1) is 19.0. The van der Waals surface area contributed by atoms with Gasteiger partial charge in [0.15, 0.2) is 0 Å². The lowest BCUT2D eigenvalue weighted by atomic mass is 10.1. The van der Waals surface area contributed by atoms with E-state index < -0.39 is 23.5 Å². The number of carbonyl (C=O) groups is 2. The molecule has 0 saturated heterocycles. The molecule has 0 saturated carbocycles. The molecule has 2 aromatic carbocycles. The Hall–Kier alpha value is -3.74. The number of nitrogens with zero attached hydrogens (tertiary/aromatic N) is 2. The first-order chi connectivity index (χ1) is 13.5. The Kier molecular flexibility index (Phi) is 5.96. The van der Waals surface area contributed by atoms with Crippen molar-refractivity contribution in [2.45, 2.75) is 19.0 Å². The van der Waals surface area contributed by atoms with Crippen molar-refractivity contribution >= 4 is 11.9 Å². The van der Waals surface area contributed by atoms with E-state index in [4.69, 9.17) is 0 Å². The summed E-state index contributed by atoms with van der Waals surface area (Å²) in [5, 5.41) is 11.9. The van der Waals surface area contributed by atoms with Gasteiger partial charge in [0.1, 0.15) is 12.6 Å². The van der Waals surface area contributed by atoms with Gasteiger partial charge in [-0.05, 0) is 5.56 Å². The first-order valence-corrected chi connectivity index (χ1v) is 8.71. The minimum Gasteiger partial charge on any atom is -0.480 e. The van der Waals surface area contributed by atoms with Crippen LogP contribution in [0, 0.1) is 0 Å². The van der Waals surface area contributed by atoms with Crippen LogP contribution in [0.4, 0.5) is 0 Å². The first-order valence-electron chi connectivity index (χ1n) is 8.71. The van der Waals surface area contributed by atoms with Crippen molar-refractivity contribution in [1.82, 2.24) is 14.9 Å². The number of nitrogens with one attached hydrogen (secondary N) is 1. The SMILES string of the molecule is O=C(Cn1cc(-c2ccccc2)ncc1=O)N[C@@H](Cc1ccccc1)C(=O)O. The number of amides is 1. The lowest BCUT2D eigenvalue weighted by Crippen LogP contribution is -2.44. The second-order valence-electron chi connectivity index (χ2n) is 6.25. The standard InChI is InChI=1S/C21H19N3O4/c25-19(23-17(21(27)28)11-15-7-3-1-4-8-15)14-24-13-18(22-12-20(24)26)16-9-5-2-6-10-16/h1-10,12-13,17H,11,14H2,(H,23,25)(H,27,28)/t17-/m0/s1. The molecule has 1 aromatic heterocycles. The molecule has 28 heavy (non-hydrogen) atoms. The third-order valence-electron chi connectivity index (χ3n) is 4.17. The molecule has 1 amide bonds. The monoisotopic (exact) mass is 377 g/mol. The van der Waals surface area contributed by atoms with Crippen molar-refractivity contribution < 1.29 is 14.7 Å². The fraction of sp³-hybridized carbons (Fsp3) is 0.143. The van der Waals surface area contributed by atoms with Gasteiger partial charge < -0.3 is 15.0 Å². The van der Waals surface area contributed by atoms with Gasteiger partial charge >= 0.3 is 5.97 Å². The van der Waals surface area contributed by atoms with Crippen molar-refractivity contribution in [3.63, 3.8) is 0 Å². The van der Waals surface area contributed by atoms with Gasteiger partial charge in [0, 0.05) is 18.2 Å². The molecule has 1 atom stereocenters. The van der Waals surface area contributed by atoms with E-state index in [2.05, 4.69) is 10.3 Å². The van der Waals surface area contributed by atoms with Crippen LogP contribution in [0.15, 0.2) is 77.9 Å². The maximum atomic E-state index is 12.4. The highest BCUT2D eigenvalue weighted by molar-refractivity contribution is 5.83. The van der Waals surface area contributed by atoms with Crippen molar-refractivity contribution in [3.8, 4) is 11.3 Å². The third kappa shape index (κ3) is 4.91. The molecular weight excluding hydrogens is 358 g/mol. The molecule has 0 fully saturated rings. The molecule has 1 heterocycles. The van der Waals surface area contributed by atoms with Gasteiger partial charge in [0.25, 0.3) is 5.56 Å². The predicted molar refractivity (Wildman–Crippen MR) is 104 cm³/mol. The third-order valence-corrected chi connectivity index (χ3v) is 4.17. The van der Waals surface area contributed by atoms with Crippen molar-refractivity contribution in [3.05, 3.63) is 89.0 Å². The highest BCUT2D eigenvalue weighted by atomic mass is 16.4. The number of rotatable bonds is 7. The number of carbonyl (C=O) groups excluding carboxylic acids is 1. The predicted octanol–water partition coefficient (Wildman–Crippen LogP) is 1.72. The van der Waals surface area contributed by atoms with Gasteiger partial charge in [-0.1, -0.05) is 60.7 Å². The maximum Gasteiger partial charge on any atom is 0.326 e. The Balaban J connectivity index is 1.73. The molecule has 3 aromatic rings. The van der Waals surface area contributed by atoms with Crippen LogP contribution in [0.25, 0.3) is 11.3 Å². The van der Waals surface area contributed by atoms with Gasteiger partial charge in [-0.25, -0.2) is 9.78 Å². The minimum absolute atomic E-state index is 0.155. The fourth-order valence-electron chi connectivity index (χ4n) is 2.77. The van der Waals surface area contributed by atoms with E-state index in [0.29, 0.717) is 5.69 Å². The summed E-state index contributed by atoms with van der Waals surface area (Å²) in [6, 6.07) is 17.2. The Morgan fingerprint density at radius 3 is 2.32 bits per heavy atom. The molecule has 3 rings (SSSR count). The van der Waals surface area contributed by atoms with E-state index in [1.807, 2.05) is 36.4 Å². The Bertz CT molecular complexity index is 1020. The van der Waals surface area contributed by atoms with Crippen LogP contribution < -0.4 is 10.9 Å². The Morgan fingerprint density at radius 1 is 1.04 bits per heavy atom. The average Bonchev–Trinajstić information content (AvgIpc) is 2.70. The molecule has 0 radical (unpaired) electrons. The minimum atomic E-state index is -1.13. The molecule has 0 aliphatic heterocycles. The Labute approximate surface area is 161 Å². The normalized spacial score (nSPS) is 11.6. The van der Waals surface area contributed by atoms with Crippen LogP contribution in [0.5, 0.6) is 0 Å². The van der Waals surface area contributed by atoms with Crippen LogP contribution >= 0.6 is 0 Å². The molecule has 2 N–H and O–H groups in total. The van der Waals surface area contributed by atoms with Gasteiger partial charge in [-0.2, -0.15) is 0 Å². The van der Waals surface area contributed by atoms with Gasteiger partial charge in [0.2, 0.25) is 5.91 Å². The van der Waals surface area contributed by atoms with Gasteiger partial charge in [0.05, 0.1) is 11.9 Å². The summed E-state index contributed by atoms with van der Waals surface area (Å²) in [6.07, 6.45) is 2.79. The topological polar surface area (TPSA) is 101 Å². The second-order valence-corrected chi connectivity index (χ2v) is 6.25. The summed E-state index contributed by atoms with van der Waals surface area (Å²) in [5.74, 6) is -1.69.